The van der Waals surface area contributed by atoms with E-state index in [1.807, 2.05) is 72.8 Å². The summed E-state index contributed by atoms with van der Waals surface area (Å²) in [6, 6.07) is 36.7. The number of nitrogens with one attached hydrogen (secondary N) is 3. The molecular formula is C35H27IN4O3S. The molecule has 3 amide bonds. The Morgan fingerprint density at radius 3 is 2.02 bits per heavy atom. The predicted octanol–water partition coefficient (Wildman–Crippen LogP) is 7.57. The lowest BCUT2D eigenvalue weighted by atomic mass is 10.1. The van der Waals surface area contributed by atoms with Crippen LogP contribution in [0.1, 0.15) is 26.7 Å². The van der Waals surface area contributed by atoms with E-state index < -0.39 is 17.1 Å². The van der Waals surface area contributed by atoms with Crippen LogP contribution in [0.3, 0.4) is 0 Å². The van der Waals surface area contributed by atoms with Crippen LogP contribution in [-0.4, -0.2) is 22.7 Å². The highest BCUT2D eigenvalue weighted by molar-refractivity contribution is 14.1. The molecule has 0 aliphatic carbocycles. The van der Waals surface area contributed by atoms with Gasteiger partial charge in [0.2, 0.25) is 5.91 Å². The molecule has 0 spiro atoms. The first kappa shape index (κ1) is 30.7. The Morgan fingerprint density at radius 2 is 1.36 bits per heavy atom. The van der Waals surface area contributed by atoms with Crippen molar-refractivity contribution in [2.24, 2.45) is 0 Å². The fraction of sp³-hybridized carbons (Fsp3) is 0.0286. The Morgan fingerprint density at radius 1 is 0.727 bits per heavy atom. The molecule has 5 rings (SSSR count). The van der Waals surface area contributed by atoms with Crippen molar-refractivity contribution in [1.29, 1.82) is 0 Å². The van der Waals surface area contributed by atoms with Crippen LogP contribution >= 0.6 is 34.4 Å². The topological polar surface area (TPSA) is 100 Å². The van der Waals surface area contributed by atoms with Gasteiger partial charge in [-0.2, -0.15) is 0 Å². The highest BCUT2D eigenvalue weighted by Crippen LogP contribution is 2.36. The number of hydrogen-bond acceptors (Lipinski definition) is 5. The Balaban J connectivity index is 1.31. The zero-order chi connectivity index (χ0) is 30.7. The van der Waals surface area contributed by atoms with Crippen LogP contribution in [-0.2, 0) is 9.59 Å². The van der Waals surface area contributed by atoms with Crippen molar-refractivity contribution in [3.05, 3.63) is 160 Å². The van der Waals surface area contributed by atoms with E-state index in [0.717, 1.165) is 19.7 Å². The zero-order valence-electron chi connectivity index (χ0n) is 23.3. The monoisotopic (exact) mass is 710 g/mol. The first-order valence-electron chi connectivity index (χ1n) is 13.6. The lowest BCUT2D eigenvalue weighted by molar-refractivity contribution is -0.116. The predicted molar refractivity (Wildman–Crippen MR) is 184 cm³/mol. The van der Waals surface area contributed by atoms with Gasteiger partial charge < -0.3 is 16.0 Å². The maximum absolute atomic E-state index is 13.4. The van der Waals surface area contributed by atoms with Gasteiger partial charge in [0.25, 0.3) is 11.8 Å². The summed E-state index contributed by atoms with van der Waals surface area (Å²) < 4.78 is 1.08. The van der Waals surface area contributed by atoms with E-state index in [2.05, 4.69) is 43.5 Å². The van der Waals surface area contributed by atoms with Gasteiger partial charge in [0, 0.05) is 37.8 Å². The number of carbonyl (C=O) groups is 3. The second-order valence-corrected chi connectivity index (χ2v) is 12.0. The molecule has 0 radical (unpaired) electrons. The molecule has 0 bridgehead atoms. The molecular weight excluding hydrogens is 683 g/mol. The number of pyridine rings is 1. The van der Waals surface area contributed by atoms with Crippen LogP contribution in [0.4, 0.5) is 11.4 Å². The molecule has 9 heteroatoms. The number of rotatable bonds is 10. The fourth-order valence-electron chi connectivity index (χ4n) is 4.16. The minimum absolute atomic E-state index is 0.0710. The Bertz CT molecular complexity index is 1750. The third-order valence-corrected chi connectivity index (χ3v) is 8.33. The van der Waals surface area contributed by atoms with E-state index in [1.54, 1.807) is 67.0 Å². The van der Waals surface area contributed by atoms with Crippen molar-refractivity contribution in [2.45, 2.75) is 10.1 Å². The number of carbonyl (C=O) groups excluding carboxylic acids is 3. The molecule has 1 unspecified atom stereocenters. The van der Waals surface area contributed by atoms with E-state index in [0.29, 0.717) is 16.8 Å². The lowest BCUT2D eigenvalue weighted by Gasteiger charge is -2.17. The van der Waals surface area contributed by atoms with Gasteiger partial charge in [-0.3, -0.25) is 19.4 Å². The van der Waals surface area contributed by atoms with Gasteiger partial charge in [0.15, 0.2) is 0 Å². The summed E-state index contributed by atoms with van der Waals surface area (Å²) in [6.45, 7) is 0. The SMILES string of the molecule is O=C(Nc1ccc(SC(C(=O)Nc2ccc(I)cc2)c2ccccc2)cc1)/C(=C/c1cccnc1)NC(=O)c1ccccc1. The van der Waals surface area contributed by atoms with Crippen LogP contribution in [0.25, 0.3) is 6.08 Å². The van der Waals surface area contributed by atoms with Gasteiger partial charge in [-0.1, -0.05) is 54.6 Å². The van der Waals surface area contributed by atoms with Gasteiger partial charge in [0.1, 0.15) is 10.9 Å². The average molecular weight is 711 g/mol. The quantitative estimate of drug-likeness (QED) is 0.0790. The number of aromatic nitrogens is 1. The van der Waals surface area contributed by atoms with Crippen LogP contribution < -0.4 is 16.0 Å². The Hall–Kier alpha value is -4.74. The Kier molecular flexibility index (Phi) is 10.6. The van der Waals surface area contributed by atoms with Crippen LogP contribution in [0.15, 0.2) is 144 Å². The van der Waals surface area contributed by atoms with E-state index in [1.165, 1.54) is 11.8 Å². The van der Waals surface area contributed by atoms with E-state index in [9.17, 15) is 14.4 Å². The van der Waals surface area contributed by atoms with Crippen LogP contribution in [0.2, 0.25) is 0 Å². The van der Waals surface area contributed by atoms with Crippen molar-refractivity contribution < 1.29 is 14.4 Å². The van der Waals surface area contributed by atoms with Crippen molar-refractivity contribution in [3.8, 4) is 0 Å². The van der Waals surface area contributed by atoms with E-state index >= 15 is 0 Å². The van der Waals surface area contributed by atoms with Crippen LogP contribution in [0.5, 0.6) is 0 Å². The lowest BCUT2D eigenvalue weighted by Crippen LogP contribution is -2.30. The molecule has 0 saturated heterocycles. The number of thioether (sulfide) groups is 1. The number of hydrogen-bond donors (Lipinski definition) is 3. The minimum Gasteiger partial charge on any atom is -0.325 e. The Labute approximate surface area is 273 Å². The first-order chi connectivity index (χ1) is 21.4. The summed E-state index contributed by atoms with van der Waals surface area (Å²) in [7, 11) is 0. The summed E-state index contributed by atoms with van der Waals surface area (Å²) in [5, 5.41) is 8.10. The van der Waals surface area contributed by atoms with Crippen molar-refractivity contribution in [2.75, 3.05) is 10.6 Å². The zero-order valence-corrected chi connectivity index (χ0v) is 26.3. The van der Waals surface area contributed by atoms with Crippen molar-refractivity contribution in [3.63, 3.8) is 0 Å². The fourth-order valence-corrected chi connectivity index (χ4v) is 5.55. The van der Waals surface area contributed by atoms with Gasteiger partial charge in [-0.15, -0.1) is 11.8 Å². The average Bonchev–Trinajstić information content (AvgIpc) is 3.06. The second-order valence-electron chi connectivity index (χ2n) is 9.55. The number of benzene rings is 4. The summed E-state index contributed by atoms with van der Waals surface area (Å²) in [6.07, 6.45) is 4.81. The molecule has 3 N–H and O–H groups in total. The molecule has 0 aliphatic rings. The molecule has 0 fully saturated rings. The second kappa shape index (κ2) is 15.1. The van der Waals surface area contributed by atoms with Crippen molar-refractivity contribution >= 4 is 69.5 Å². The van der Waals surface area contributed by atoms with Gasteiger partial charge in [0.05, 0.1) is 0 Å². The molecule has 4 aromatic carbocycles. The maximum atomic E-state index is 13.4. The molecule has 0 saturated carbocycles. The maximum Gasteiger partial charge on any atom is 0.272 e. The normalized spacial score (nSPS) is 11.7. The molecule has 44 heavy (non-hydrogen) atoms. The summed E-state index contributed by atoms with van der Waals surface area (Å²) >= 11 is 3.64. The van der Waals surface area contributed by atoms with E-state index in [-0.39, 0.29) is 11.6 Å². The summed E-state index contributed by atoms with van der Waals surface area (Å²) in [5.74, 6) is -1.03. The van der Waals surface area contributed by atoms with Crippen LogP contribution in [0, 0.1) is 3.57 Å². The largest absolute Gasteiger partial charge is 0.325 e. The third kappa shape index (κ3) is 8.65. The first-order valence-corrected chi connectivity index (χ1v) is 15.6. The number of anilines is 2. The molecule has 5 aromatic rings. The van der Waals surface area contributed by atoms with Gasteiger partial charge in [-0.25, -0.2) is 0 Å². The third-order valence-electron chi connectivity index (χ3n) is 6.34. The highest BCUT2D eigenvalue weighted by Gasteiger charge is 2.22. The molecule has 1 heterocycles. The number of amides is 3. The summed E-state index contributed by atoms with van der Waals surface area (Å²) in [4.78, 5) is 44.5. The molecule has 1 atom stereocenters. The standard InChI is InChI=1S/C35H27IN4O3S/c36-27-13-15-28(16-14-27)39-35(43)32(25-9-3-1-4-10-25)44-30-19-17-29(18-20-30)38-34(42)31(22-24-8-7-21-37-23-24)40-33(41)26-11-5-2-6-12-26/h1-23,32H,(H,38,42)(H,39,43)(H,40,41)/b31-22-. The number of halogens is 1. The van der Waals surface area contributed by atoms with Gasteiger partial charge >= 0.3 is 0 Å². The molecule has 7 nitrogen and oxygen atoms in total. The van der Waals surface area contributed by atoms with E-state index in [4.69, 9.17) is 0 Å². The van der Waals surface area contributed by atoms with Crippen molar-refractivity contribution in [1.82, 2.24) is 10.3 Å². The number of nitrogens with zero attached hydrogens (tertiary/aromatic N) is 1. The summed E-state index contributed by atoms with van der Waals surface area (Å²) in [5.41, 5.74) is 3.29. The molecule has 0 aliphatic heterocycles. The highest BCUT2D eigenvalue weighted by atomic mass is 127. The smallest absolute Gasteiger partial charge is 0.272 e. The minimum atomic E-state index is -0.502. The molecule has 1 aromatic heterocycles. The van der Waals surface area contributed by atoms with Gasteiger partial charge in [-0.05, 0) is 107 Å². The molecule has 218 valence electrons.